The molecule has 4 heteroatoms. The van der Waals surface area contributed by atoms with Crippen molar-refractivity contribution >= 4 is 5.97 Å². The SMILES string of the molecule is COC(=O)C(C)C(C)NCCC1CCN(C)CC1. The molecule has 0 spiro atoms. The Morgan fingerprint density at radius 2 is 2.00 bits per heavy atom. The molecule has 106 valence electrons. The van der Waals surface area contributed by atoms with Gasteiger partial charge in [-0.05, 0) is 58.8 Å². The first-order valence-electron chi connectivity index (χ1n) is 7.04. The van der Waals surface area contributed by atoms with Gasteiger partial charge in [-0.3, -0.25) is 4.79 Å². The second kappa shape index (κ2) is 7.74. The molecule has 2 unspecified atom stereocenters. The van der Waals surface area contributed by atoms with E-state index in [1.54, 1.807) is 0 Å². The van der Waals surface area contributed by atoms with E-state index in [9.17, 15) is 4.79 Å². The summed E-state index contributed by atoms with van der Waals surface area (Å²) in [6.45, 7) is 7.41. The molecular formula is C14H28N2O2. The smallest absolute Gasteiger partial charge is 0.309 e. The van der Waals surface area contributed by atoms with E-state index in [-0.39, 0.29) is 17.9 Å². The zero-order chi connectivity index (χ0) is 13.5. The number of carbonyl (C=O) groups is 1. The largest absolute Gasteiger partial charge is 0.469 e. The maximum absolute atomic E-state index is 11.4. The van der Waals surface area contributed by atoms with Crippen molar-refractivity contribution in [1.82, 2.24) is 10.2 Å². The standard InChI is InChI=1S/C14H28N2O2/c1-11(14(17)18-4)12(2)15-8-5-13-6-9-16(3)10-7-13/h11-13,15H,5-10H2,1-4H3. The van der Waals surface area contributed by atoms with Crippen LogP contribution in [0.1, 0.15) is 33.1 Å². The Kier molecular flexibility index (Phi) is 6.65. The van der Waals surface area contributed by atoms with Crippen molar-refractivity contribution in [2.45, 2.75) is 39.2 Å². The van der Waals surface area contributed by atoms with Crippen LogP contribution in [0.2, 0.25) is 0 Å². The second-order valence-electron chi connectivity index (χ2n) is 5.59. The molecule has 1 aliphatic rings. The third-order valence-electron chi connectivity index (χ3n) is 4.18. The van der Waals surface area contributed by atoms with Crippen molar-refractivity contribution in [2.24, 2.45) is 11.8 Å². The highest BCUT2D eigenvalue weighted by atomic mass is 16.5. The number of likely N-dealkylation sites (tertiary alicyclic amines) is 1. The molecule has 4 nitrogen and oxygen atoms in total. The van der Waals surface area contributed by atoms with Gasteiger partial charge in [-0.15, -0.1) is 0 Å². The Balaban J connectivity index is 2.15. The number of carbonyl (C=O) groups excluding carboxylic acids is 1. The van der Waals surface area contributed by atoms with Gasteiger partial charge < -0.3 is 15.0 Å². The Bertz CT molecular complexity index is 250. The van der Waals surface area contributed by atoms with Crippen molar-refractivity contribution < 1.29 is 9.53 Å². The zero-order valence-electron chi connectivity index (χ0n) is 12.2. The molecular weight excluding hydrogens is 228 g/mol. The summed E-state index contributed by atoms with van der Waals surface area (Å²) in [5.74, 6) is 0.635. The van der Waals surface area contributed by atoms with E-state index in [2.05, 4.69) is 24.2 Å². The van der Waals surface area contributed by atoms with Gasteiger partial charge in [-0.2, -0.15) is 0 Å². The van der Waals surface area contributed by atoms with Crippen LogP contribution in [-0.4, -0.2) is 50.7 Å². The van der Waals surface area contributed by atoms with Crippen molar-refractivity contribution in [1.29, 1.82) is 0 Å². The fourth-order valence-corrected chi connectivity index (χ4v) is 2.43. The summed E-state index contributed by atoms with van der Waals surface area (Å²) in [6, 6.07) is 0.184. The summed E-state index contributed by atoms with van der Waals surface area (Å²) in [4.78, 5) is 13.8. The maximum atomic E-state index is 11.4. The zero-order valence-corrected chi connectivity index (χ0v) is 12.2. The average Bonchev–Trinajstić information content (AvgIpc) is 2.39. The molecule has 1 heterocycles. The lowest BCUT2D eigenvalue weighted by Gasteiger charge is -2.29. The lowest BCUT2D eigenvalue weighted by atomic mass is 9.93. The van der Waals surface area contributed by atoms with Crippen LogP contribution in [0.25, 0.3) is 0 Å². The Morgan fingerprint density at radius 3 is 2.56 bits per heavy atom. The van der Waals surface area contributed by atoms with Crippen molar-refractivity contribution in [3.8, 4) is 0 Å². The van der Waals surface area contributed by atoms with E-state index in [1.807, 2.05) is 6.92 Å². The van der Waals surface area contributed by atoms with Gasteiger partial charge in [0.1, 0.15) is 0 Å². The van der Waals surface area contributed by atoms with E-state index in [0.717, 1.165) is 12.5 Å². The lowest BCUT2D eigenvalue weighted by Crippen LogP contribution is -2.38. The highest BCUT2D eigenvalue weighted by molar-refractivity contribution is 5.72. The number of hydrogen-bond acceptors (Lipinski definition) is 4. The number of ether oxygens (including phenoxy) is 1. The third-order valence-corrected chi connectivity index (χ3v) is 4.18. The highest BCUT2D eigenvalue weighted by Gasteiger charge is 2.21. The summed E-state index contributed by atoms with van der Waals surface area (Å²) < 4.78 is 4.76. The number of methoxy groups -OCH3 is 1. The molecule has 0 saturated carbocycles. The number of nitrogens with one attached hydrogen (secondary N) is 1. The van der Waals surface area contributed by atoms with E-state index in [4.69, 9.17) is 4.74 Å². The van der Waals surface area contributed by atoms with Gasteiger partial charge in [0.25, 0.3) is 0 Å². The van der Waals surface area contributed by atoms with Crippen LogP contribution in [-0.2, 0) is 9.53 Å². The molecule has 0 aromatic rings. The minimum Gasteiger partial charge on any atom is -0.469 e. The summed E-state index contributed by atoms with van der Waals surface area (Å²) in [6.07, 6.45) is 3.82. The first kappa shape index (κ1) is 15.4. The number of nitrogens with zero attached hydrogens (tertiary/aromatic N) is 1. The van der Waals surface area contributed by atoms with Crippen LogP contribution < -0.4 is 5.32 Å². The average molecular weight is 256 g/mol. The number of piperidine rings is 1. The molecule has 1 rings (SSSR count). The monoisotopic (exact) mass is 256 g/mol. The van der Waals surface area contributed by atoms with Gasteiger partial charge in [0.05, 0.1) is 13.0 Å². The van der Waals surface area contributed by atoms with E-state index in [0.29, 0.717) is 0 Å². The molecule has 0 aromatic carbocycles. The van der Waals surface area contributed by atoms with E-state index < -0.39 is 0 Å². The van der Waals surface area contributed by atoms with Crippen molar-refractivity contribution in [3.05, 3.63) is 0 Å². The molecule has 1 aliphatic heterocycles. The van der Waals surface area contributed by atoms with Crippen LogP contribution in [0.3, 0.4) is 0 Å². The highest BCUT2D eigenvalue weighted by Crippen LogP contribution is 2.19. The van der Waals surface area contributed by atoms with Gasteiger partial charge in [-0.25, -0.2) is 0 Å². The summed E-state index contributed by atoms with van der Waals surface area (Å²) in [5, 5.41) is 3.44. The summed E-state index contributed by atoms with van der Waals surface area (Å²) >= 11 is 0. The Hall–Kier alpha value is -0.610. The molecule has 0 amide bonds. The third kappa shape index (κ3) is 4.94. The van der Waals surface area contributed by atoms with Crippen LogP contribution in [0.5, 0.6) is 0 Å². The predicted octanol–water partition coefficient (Wildman–Crippen LogP) is 1.51. The second-order valence-corrected chi connectivity index (χ2v) is 5.59. The number of rotatable bonds is 6. The minimum atomic E-state index is -0.130. The molecule has 0 bridgehead atoms. The van der Waals surface area contributed by atoms with Crippen molar-refractivity contribution in [3.63, 3.8) is 0 Å². The van der Waals surface area contributed by atoms with Gasteiger partial charge >= 0.3 is 5.97 Å². The molecule has 1 fully saturated rings. The van der Waals surface area contributed by atoms with Crippen LogP contribution >= 0.6 is 0 Å². The van der Waals surface area contributed by atoms with Gasteiger partial charge in [-0.1, -0.05) is 6.92 Å². The molecule has 0 aliphatic carbocycles. The van der Waals surface area contributed by atoms with E-state index in [1.165, 1.54) is 39.5 Å². The predicted molar refractivity (Wildman–Crippen MR) is 73.5 cm³/mol. The van der Waals surface area contributed by atoms with Crippen LogP contribution in [0, 0.1) is 11.8 Å². The summed E-state index contributed by atoms with van der Waals surface area (Å²) in [5.41, 5.74) is 0. The maximum Gasteiger partial charge on any atom is 0.309 e. The molecule has 18 heavy (non-hydrogen) atoms. The molecule has 0 aromatic heterocycles. The van der Waals surface area contributed by atoms with Gasteiger partial charge in [0, 0.05) is 6.04 Å². The van der Waals surface area contributed by atoms with Gasteiger partial charge in [0.15, 0.2) is 0 Å². The quantitative estimate of drug-likeness (QED) is 0.731. The minimum absolute atomic E-state index is 0.0764. The molecule has 0 radical (unpaired) electrons. The lowest BCUT2D eigenvalue weighted by molar-refractivity contribution is -0.145. The van der Waals surface area contributed by atoms with Crippen LogP contribution in [0.15, 0.2) is 0 Å². The Labute approximate surface area is 111 Å². The first-order chi connectivity index (χ1) is 8.54. The topological polar surface area (TPSA) is 41.6 Å². The summed E-state index contributed by atoms with van der Waals surface area (Å²) in [7, 11) is 3.64. The number of hydrogen-bond donors (Lipinski definition) is 1. The number of esters is 1. The van der Waals surface area contributed by atoms with Crippen molar-refractivity contribution in [2.75, 3.05) is 33.8 Å². The Morgan fingerprint density at radius 1 is 1.39 bits per heavy atom. The van der Waals surface area contributed by atoms with E-state index >= 15 is 0 Å². The first-order valence-corrected chi connectivity index (χ1v) is 7.04. The fourth-order valence-electron chi connectivity index (χ4n) is 2.43. The molecule has 2 atom stereocenters. The van der Waals surface area contributed by atoms with Crippen LogP contribution in [0.4, 0.5) is 0 Å². The van der Waals surface area contributed by atoms with Gasteiger partial charge in [0.2, 0.25) is 0 Å². The molecule has 1 N–H and O–H groups in total. The normalized spacial score (nSPS) is 21.6. The fraction of sp³-hybridized carbons (Fsp3) is 0.929. The molecule has 1 saturated heterocycles.